The summed E-state index contributed by atoms with van der Waals surface area (Å²) in [5.74, 6) is 4.48. The van der Waals surface area contributed by atoms with Gasteiger partial charge < -0.3 is 24.6 Å². The Morgan fingerprint density at radius 3 is 2.20 bits per heavy atom. The molecule has 0 saturated carbocycles. The van der Waals surface area contributed by atoms with Gasteiger partial charge in [-0.3, -0.25) is 0 Å². The summed E-state index contributed by atoms with van der Waals surface area (Å²) in [5, 5.41) is 10.2. The zero-order chi connectivity index (χ0) is 17.8. The summed E-state index contributed by atoms with van der Waals surface area (Å²) < 4.78 is 15.6. The van der Waals surface area contributed by atoms with Crippen LogP contribution in [-0.4, -0.2) is 29.3 Å². The first-order valence-electron chi connectivity index (χ1n) is 7.62. The standard InChI is InChI=1S/C17H19N5O3/c1-10-7-17(22-25-10)21-16-9-15(18-11(2)19-16)20-12-5-6-13(23-3)14(8-12)24-4/h5-9H,1-4H3,(H2,18,19,20,21,22). The van der Waals surface area contributed by atoms with Gasteiger partial charge in [0.05, 0.1) is 14.2 Å². The lowest BCUT2D eigenvalue weighted by Gasteiger charge is -2.12. The van der Waals surface area contributed by atoms with E-state index >= 15 is 0 Å². The molecule has 0 aliphatic rings. The summed E-state index contributed by atoms with van der Waals surface area (Å²) in [6, 6.07) is 9.12. The highest BCUT2D eigenvalue weighted by Crippen LogP contribution is 2.31. The molecule has 0 aliphatic heterocycles. The van der Waals surface area contributed by atoms with Crippen LogP contribution in [0.2, 0.25) is 0 Å². The van der Waals surface area contributed by atoms with Gasteiger partial charge in [-0.1, -0.05) is 5.16 Å². The van der Waals surface area contributed by atoms with Crippen molar-refractivity contribution in [1.82, 2.24) is 15.1 Å². The van der Waals surface area contributed by atoms with Crippen molar-refractivity contribution in [2.75, 3.05) is 24.9 Å². The van der Waals surface area contributed by atoms with Gasteiger partial charge in [-0.15, -0.1) is 0 Å². The van der Waals surface area contributed by atoms with Crippen molar-refractivity contribution in [2.45, 2.75) is 13.8 Å². The molecular formula is C17H19N5O3. The predicted octanol–water partition coefficient (Wildman–Crippen LogP) is 3.59. The summed E-state index contributed by atoms with van der Waals surface area (Å²) in [5.41, 5.74) is 0.819. The number of aromatic nitrogens is 3. The van der Waals surface area contributed by atoms with E-state index in [0.717, 1.165) is 11.4 Å². The Kier molecular flexibility index (Phi) is 4.69. The molecule has 25 heavy (non-hydrogen) atoms. The van der Waals surface area contributed by atoms with Crippen LogP contribution in [0.5, 0.6) is 11.5 Å². The van der Waals surface area contributed by atoms with E-state index in [1.165, 1.54) is 0 Å². The van der Waals surface area contributed by atoms with Gasteiger partial charge in [0.1, 0.15) is 23.2 Å². The number of rotatable bonds is 6. The van der Waals surface area contributed by atoms with Gasteiger partial charge in [-0.05, 0) is 26.0 Å². The lowest BCUT2D eigenvalue weighted by Crippen LogP contribution is -2.02. The van der Waals surface area contributed by atoms with E-state index in [2.05, 4.69) is 25.8 Å². The average Bonchev–Trinajstić information content (AvgIpc) is 2.99. The smallest absolute Gasteiger partial charge is 0.175 e. The van der Waals surface area contributed by atoms with Gasteiger partial charge >= 0.3 is 0 Å². The average molecular weight is 341 g/mol. The summed E-state index contributed by atoms with van der Waals surface area (Å²) in [6.45, 7) is 3.65. The van der Waals surface area contributed by atoms with Crippen molar-refractivity contribution in [3.63, 3.8) is 0 Å². The molecule has 3 aromatic rings. The fourth-order valence-electron chi connectivity index (χ4n) is 2.31. The van der Waals surface area contributed by atoms with Crippen molar-refractivity contribution in [2.24, 2.45) is 0 Å². The molecule has 0 aliphatic carbocycles. The molecule has 2 heterocycles. The maximum atomic E-state index is 5.31. The fraction of sp³-hybridized carbons (Fsp3) is 0.235. The van der Waals surface area contributed by atoms with Crippen LogP contribution in [0.4, 0.5) is 23.1 Å². The molecule has 0 radical (unpaired) electrons. The van der Waals surface area contributed by atoms with Crippen molar-refractivity contribution < 1.29 is 14.0 Å². The second-order valence-corrected chi connectivity index (χ2v) is 5.33. The van der Waals surface area contributed by atoms with Crippen LogP contribution in [0.25, 0.3) is 0 Å². The van der Waals surface area contributed by atoms with Crippen molar-refractivity contribution in [3.05, 3.63) is 41.9 Å². The molecule has 8 nitrogen and oxygen atoms in total. The molecule has 8 heteroatoms. The van der Waals surface area contributed by atoms with E-state index in [1.54, 1.807) is 26.4 Å². The number of ether oxygens (including phenoxy) is 2. The Morgan fingerprint density at radius 2 is 1.56 bits per heavy atom. The third-order valence-electron chi connectivity index (χ3n) is 3.38. The Bertz CT molecular complexity index is 878. The molecule has 0 amide bonds. The quantitative estimate of drug-likeness (QED) is 0.702. The Balaban J connectivity index is 1.83. The zero-order valence-electron chi connectivity index (χ0n) is 14.5. The topological polar surface area (TPSA) is 94.3 Å². The molecule has 2 aromatic heterocycles. The highest BCUT2D eigenvalue weighted by Gasteiger charge is 2.08. The second-order valence-electron chi connectivity index (χ2n) is 5.33. The van der Waals surface area contributed by atoms with E-state index < -0.39 is 0 Å². The first kappa shape index (κ1) is 16.6. The number of hydrogen-bond acceptors (Lipinski definition) is 8. The minimum absolute atomic E-state index is 0.590. The summed E-state index contributed by atoms with van der Waals surface area (Å²) in [7, 11) is 3.20. The van der Waals surface area contributed by atoms with Gasteiger partial charge in [0.15, 0.2) is 17.3 Å². The number of benzene rings is 1. The molecule has 3 rings (SSSR count). The molecule has 0 unspecified atom stereocenters. The van der Waals surface area contributed by atoms with Crippen LogP contribution in [0, 0.1) is 13.8 Å². The molecular weight excluding hydrogens is 322 g/mol. The molecule has 2 N–H and O–H groups in total. The number of hydrogen-bond donors (Lipinski definition) is 2. The van der Waals surface area contributed by atoms with Crippen LogP contribution in [-0.2, 0) is 0 Å². The zero-order valence-corrected chi connectivity index (χ0v) is 14.5. The number of nitrogens with one attached hydrogen (secondary N) is 2. The molecule has 0 spiro atoms. The summed E-state index contributed by atoms with van der Waals surface area (Å²) in [4.78, 5) is 8.75. The first-order chi connectivity index (χ1) is 12.1. The first-order valence-corrected chi connectivity index (χ1v) is 7.62. The van der Waals surface area contributed by atoms with Gasteiger partial charge in [-0.2, -0.15) is 0 Å². The fourth-order valence-corrected chi connectivity index (χ4v) is 2.31. The molecule has 0 fully saturated rings. The van der Waals surface area contributed by atoms with E-state index in [-0.39, 0.29) is 0 Å². The van der Waals surface area contributed by atoms with Crippen molar-refractivity contribution >= 4 is 23.1 Å². The Morgan fingerprint density at radius 1 is 0.840 bits per heavy atom. The largest absolute Gasteiger partial charge is 0.493 e. The van der Waals surface area contributed by atoms with Crippen LogP contribution in [0.3, 0.4) is 0 Å². The van der Waals surface area contributed by atoms with Crippen LogP contribution >= 0.6 is 0 Å². The minimum Gasteiger partial charge on any atom is -0.493 e. The van der Waals surface area contributed by atoms with E-state index in [4.69, 9.17) is 14.0 Å². The van der Waals surface area contributed by atoms with Gasteiger partial charge in [0.25, 0.3) is 0 Å². The third kappa shape index (κ3) is 3.97. The SMILES string of the molecule is COc1ccc(Nc2cc(Nc3cc(C)on3)nc(C)n2)cc1OC. The normalized spacial score (nSPS) is 10.4. The maximum absolute atomic E-state index is 5.31. The van der Waals surface area contributed by atoms with Gasteiger partial charge in [0, 0.05) is 23.9 Å². The summed E-state index contributed by atoms with van der Waals surface area (Å²) in [6.07, 6.45) is 0. The number of aryl methyl sites for hydroxylation is 2. The molecule has 130 valence electrons. The molecule has 0 saturated heterocycles. The van der Waals surface area contributed by atoms with E-state index in [9.17, 15) is 0 Å². The van der Waals surface area contributed by atoms with Crippen molar-refractivity contribution in [3.8, 4) is 11.5 Å². The van der Waals surface area contributed by atoms with Crippen LogP contribution < -0.4 is 20.1 Å². The lowest BCUT2D eigenvalue weighted by molar-refractivity contribution is 0.355. The Hall–Kier alpha value is -3.29. The highest BCUT2D eigenvalue weighted by atomic mass is 16.5. The number of nitrogens with zero attached hydrogens (tertiary/aromatic N) is 3. The minimum atomic E-state index is 0.590. The number of methoxy groups -OCH3 is 2. The monoisotopic (exact) mass is 341 g/mol. The van der Waals surface area contributed by atoms with Crippen molar-refractivity contribution in [1.29, 1.82) is 0 Å². The third-order valence-corrected chi connectivity index (χ3v) is 3.38. The van der Waals surface area contributed by atoms with Crippen LogP contribution in [0.1, 0.15) is 11.6 Å². The highest BCUT2D eigenvalue weighted by molar-refractivity contribution is 5.64. The summed E-state index contributed by atoms with van der Waals surface area (Å²) >= 11 is 0. The van der Waals surface area contributed by atoms with E-state index in [1.807, 2.05) is 32.0 Å². The maximum Gasteiger partial charge on any atom is 0.175 e. The Labute approximate surface area is 145 Å². The van der Waals surface area contributed by atoms with E-state index in [0.29, 0.717) is 34.8 Å². The molecule has 1 aromatic carbocycles. The van der Waals surface area contributed by atoms with Crippen LogP contribution in [0.15, 0.2) is 34.9 Å². The molecule has 0 bridgehead atoms. The molecule has 0 atom stereocenters. The van der Waals surface area contributed by atoms with Gasteiger partial charge in [-0.25, -0.2) is 9.97 Å². The number of anilines is 4. The lowest BCUT2D eigenvalue weighted by atomic mass is 10.2. The van der Waals surface area contributed by atoms with Gasteiger partial charge in [0.2, 0.25) is 0 Å². The predicted molar refractivity (Wildman–Crippen MR) is 94.1 cm³/mol. The second kappa shape index (κ2) is 7.08.